The molecule has 0 saturated carbocycles. The van der Waals surface area contributed by atoms with Gasteiger partial charge in [0.25, 0.3) is 11.8 Å². The zero-order valence-electron chi connectivity index (χ0n) is 26.4. The van der Waals surface area contributed by atoms with Crippen LogP contribution in [0.3, 0.4) is 0 Å². The number of nitrogens with zero attached hydrogens (tertiary/aromatic N) is 5. The Kier molecular flexibility index (Phi) is 8.93. The van der Waals surface area contributed by atoms with Gasteiger partial charge in [-0.25, -0.2) is 9.89 Å². The number of fused-ring (bicyclic) bond motifs is 2. The van der Waals surface area contributed by atoms with E-state index in [-0.39, 0.29) is 30.3 Å². The minimum Gasteiger partial charge on any atom is -0.345 e. The van der Waals surface area contributed by atoms with Gasteiger partial charge in [0.15, 0.2) is 0 Å². The minimum atomic E-state index is -1.00. The van der Waals surface area contributed by atoms with Crippen molar-refractivity contribution in [1.29, 1.82) is 5.26 Å². The molecule has 12 nitrogen and oxygen atoms in total. The zero-order valence-corrected chi connectivity index (χ0v) is 26.4. The van der Waals surface area contributed by atoms with Crippen molar-refractivity contribution in [1.82, 2.24) is 35.2 Å². The predicted octanol–water partition coefficient (Wildman–Crippen LogP) is 1.82. The molecule has 45 heavy (non-hydrogen) atoms. The molecule has 1 aliphatic carbocycles. The van der Waals surface area contributed by atoms with Crippen LogP contribution in [0.2, 0.25) is 0 Å². The van der Waals surface area contributed by atoms with E-state index >= 15 is 0 Å². The Hall–Kier alpha value is -4.76. The molecular weight excluding hydrogens is 572 g/mol. The number of benzene rings is 2. The van der Waals surface area contributed by atoms with E-state index in [1.165, 1.54) is 9.80 Å². The van der Waals surface area contributed by atoms with Crippen LogP contribution in [0.25, 0.3) is 0 Å². The Bertz CT molecular complexity index is 1640. The van der Waals surface area contributed by atoms with Crippen LogP contribution in [0.15, 0.2) is 41.2 Å². The number of aromatic nitrogens is 3. The van der Waals surface area contributed by atoms with Gasteiger partial charge in [0, 0.05) is 51.9 Å². The number of aromatic amines is 2. The van der Waals surface area contributed by atoms with Crippen molar-refractivity contribution in [3.8, 4) is 6.07 Å². The van der Waals surface area contributed by atoms with Gasteiger partial charge in [-0.05, 0) is 85.5 Å². The van der Waals surface area contributed by atoms with Gasteiger partial charge in [0.05, 0.1) is 18.0 Å². The fraction of sp³-hybridized carbons (Fsp3) is 0.455. The highest BCUT2D eigenvalue weighted by Gasteiger charge is 2.45. The van der Waals surface area contributed by atoms with E-state index in [2.05, 4.69) is 26.6 Å². The molecule has 5 rings (SSSR count). The lowest BCUT2D eigenvalue weighted by atomic mass is 9.67. The van der Waals surface area contributed by atoms with Gasteiger partial charge >= 0.3 is 5.69 Å². The molecule has 0 radical (unpaired) electrons. The topological polar surface area (TPSA) is 158 Å². The standard InChI is InChI=1S/C33H40N8O4/c1-20(35-19-28(42)41-14-6-7-25(41)18-34)17-33(31-36-32(45)38-37-31)26-12-10-23(29(43)39(2)3)15-21(26)8-9-22-16-24(11-13-27(22)33)30(44)40(4)5/h10-13,15-16,20,25,35H,6-9,14,17,19H2,1-5H3,(H2,36,37,38,45)/t20-,25-/m0/s1. The lowest BCUT2D eigenvalue weighted by molar-refractivity contribution is -0.130. The predicted molar refractivity (Wildman–Crippen MR) is 168 cm³/mol. The number of likely N-dealkylation sites (tertiary alicyclic amines) is 1. The molecule has 0 bridgehead atoms. The quantitative estimate of drug-likeness (QED) is 0.350. The summed E-state index contributed by atoms with van der Waals surface area (Å²) in [5.74, 6) is 0.0273. The van der Waals surface area contributed by atoms with Crippen molar-refractivity contribution in [3.63, 3.8) is 0 Å². The number of rotatable bonds is 8. The SMILES string of the molecule is C[C@@H](CC1(c2n[nH]c(=O)[nH]2)c2ccc(C(=O)N(C)C)cc2CCc2cc(C(=O)N(C)C)ccc21)NCC(=O)N1CCC[C@H]1C#N. The summed E-state index contributed by atoms with van der Waals surface area (Å²) in [5.41, 5.74) is 3.27. The largest absolute Gasteiger partial charge is 0.345 e. The average molecular weight is 613 g/mol. The van der Waals surface area contributed by atoms with Gasteiger partial charge in [0.1, 0.15) is 11.9 Å². The van der Waals surface area contributed by atoms with Gasteiger partial charge in [-0.15, -0.1) is 0 Å². The number of nitriles is 1. The van der Waals surface area contributed by atoms with Crippen LogP contribution in [0.5, 0.6) is 0 Å². The number of amides is 3. The van der Waals surface area contributed by atoms with Gasteiger partial charge in [-0.3, -0.25) is 19.4 Å². The highest BCUT2D eigenvalue weighted by atomic mass is 16.2. The van der Waals surface area contributed by atoms with Crippen molar-refractivity contribution in [2.24, 2.45) is 0 Å². The second kappa shape index (κ2) is 12.7. The highest BCUT2D eigenvalue weighted by molar-refractivity contribution is 5.95. The van der Waals surface area contributed by atoms with Crippen LogP contribution < -0.4 is 11.0 Å². The van der Waals surface area contributed by atoms with Crippen LogP contribution in [0.4, 0.5) is 0 Å². The number of aryl methyl sites for hydroxylation is 2. The molecule has 0 spiro atoms. The van der Waals surface area contributed by atoms with E-state index in [0.29, 0.717) is 49.2 Å². The smallest absolute Gasteiger partial charge is 0.340 e. The Balaban J connectivity index is 1.63. The van der Waals surface area contributed by atoms with E-state index < -0.39 is 17.1 Å². The fourth-order valence-corrected chi connectivity index (χ4v) is 6.77. The Morgan fingerprint density at radius 3 is 2.11 bits per heavy atom. The summed E-state index contributed by atoms with van der Waals surface area (Å²) >= 11 is 0. The number of H-pyrrole nitrogens is 2. The van der Waals surface area contributed by atoms with E-state index in [0.717, 1.165) is 28.7 Å². The van der Waals surface area contributed by atoms with Crippen LogP contribution in [0, 0.1) is 11.3 Å². The molecule has 1 aliphatic heterocycles. The maximum atomic E-state index is 13.1. The van der Waals surface area contributed by atoms with Crippen molar-refractivity contribution in [2.75, 3.05) is 41.3 Å². The molecule has 1 fully saturated rings. The summed E-state index contributed by atoms with van der Waals surface area (Å²) in [5, 5.41) is 19.9. The van der Waals surface area contributed by atoms with Gasteiger partial charge in [-0.2, -0.15) is 10.4 Å². The molecule has 236 valence electrons. The van der Waals surface area contributed by atoms with Crippen LogP contribution in [-0.2, 0) is 23.1 Å². The number of hydrogen-bond donors (Lipinski definition) is 3. The zero-order chi connectivity index (χ0) is 32.5. The molecular formula is C33H40N8O4. The van der Waals surface area contributed by atoms with Gasteiger partial charge in [0.2, 0.25) is 5.91 Å². The molecule has 3 aromatic rings. The number of hydrogen-bond acceptors (Lipinski definition) is 7. The number of nitrogens with one attached hydrogen (secondary N) is 3. The Morgan fingerprint density at radius 1 is 1.04 bits per heavy atom. The second-order valence-corrected chi connectivity index (χ2v) is 12.4. The van der Waals surface area contributed by atoms with Gasteiger partial charge in [-0.1, -0.05) is 12.1 Å². The van der Waals surface area contributed by atoms with Crippen LogP contribution in [-0.4, -0.2) is 101 Å². The van der Waals surface area contributed by atoms with Crippen LogP contribution in [0.1, 0.15) is 75.0 Å². The summed E-state index contributed by atoms with van der Waals surface area (Å²) in [7, 11) is 6.84. The number of carbonyl (C=O) groups excluding carboxylic acids is 3. The lowest BCUT2D eigenvalue weighted by Gasteiger charge is -2.37. The van der Waals surface area contributed by atoms with E-state index in [9.17, 15) is 24.4 Å². The first-order valence-electron chi connectivity index (χ1n) is 15.2. The summed E-state index contributed by atoms with van der Waals surface area (Å²) in [6, 6.07) is 12.8. The summed E-state index contributed by atoms with van der Waals surface area (Å²) in [6.45, 7) is 2.59. The number of carbonyl (C=O) groups is 3. The summed E-state index contributed by atoms with van der Waals surface area (Å²) < 4.78 is 0. The maximum absolute atomic E-state index is 13.1. The molecule has 3 N–H and O–H groups in total. The van der Waals surface area contributed by atoms with Gasteiger partial charge < -0.3 is 20.0 Å². The first-order valence-corrected chi connectivity index (χ1v) is 15.2. The lowest BCUT2D eigenvalue weighted by Crippen LogP contribution is -2.45. The molecule has 2 aliphatic rings. The third-order valence-corrected chi connectivity index (χ3v) is 8.94. The van der Waals surface area contributed by atoms with E-state index in [1.54, 1.807) is 45.2 Å². The Morgan fingerprint density at radius 2 is 1.62 bits per heavy atom. The molecule has 2 atom stereocenters. The van der Waals surface area contributed by atoms with Crippen molar-refractivity contribution < 1.29 is 14.4 Å². The summed E-state index contributed by atoms with van der Waals surface area (Å²) in [4.78, 5) is 59.3. The third kappa shape index (κ3) is 6.00. The van der Waals surface area contributed by atoms with E-state index in [4.69, 9.17) is 0 Å². The Labute approximate surface area is 262 Å². The third-order valence-electron chi connectivity index (χ3n) is 8.94. The highest BCUT2D eigenvalue weighted by Crippen LogP contribution is 2.47. The maximum Gasteiger partial charge on any atom is 0.340 e. The normalized spacial score (nSPS) is 17.4. The van der Waals surface area contributed by atoms with Crippen LogP contribution >= 0.6 is 0 Å². The molecule has 2 heterocycles. The summed E-state index contributed by atoms with van der Waals surface area (Å²) in [6.07, 6.45) is 3.07. The second-order valence-electron chi connectivity index (χ2n) is 12.4. The molecule has 3 amide bonds. The first-order chi connectivity index (χ1) is 21.5. The van der Waals surface area contributed by atoms with Crippen molar-refractivity contribution in [2.45, 2.75) is 56.5 Å². The molecule has 2 aromatic carbocycles. The molecule has 12 heteroatoms. The first kappa shape index (κ1) is 31.7. The molecule has 1 aromatic heterocycles. The minimum absolute atomic E-state index is 0.0543. The fourth-order valence-electron chi connectivity index (χ4n) is 6.77. The van der Waals surface area contributed by atoms with Crippen molar-refractivity contribution >= 4 is 17.7 Å². The monoisotopic (exact) mass is 612 g/mol. The van der Waals surface area contributed by atoms with Crippen molar-refractivity contribution in [3.05, 3.63) is 86.1 Å². The molecule has 1 saturated heterocycles. The average Bonchev–Trinajstić information content (AvgIpc) is 3.67. The molecule has 0 unspecified atom stereocenters. The van der Waals surface area contributed by atoms with E-state index in [1.807, 2.05) is 31.2 Å².